The van der Waals surface area contributed by atoms with Crippen LogP contribution in [0.3, 0.4) is 0 Å². The Morgan fingerprint density at radius 2 is 2.04 bits per heavy atom. The number of β-lactam (4-membered cyclic amide) rings is 1. The number of anilines is 1. The minimum atomic E-state index is -0.770. The summed E-state index contributed by atoms with van der Waals surface area (Å²) in [6.07, 6.45) is 3.74. The van der Waals surface area contributed by atoms with Gasteiger partial charge in [0.15, 0.2) is 6.29 Å². The second-order valence-electron chi connectivity index (χ2n) is 4.93. The topological polar surface area (TPSA) is 108 Å². The lowest BCUT2D eigenvalue weighted by atomic mass is 9.94. The Hall–Kier alpha value is -2.54. The van der Waals surface area contributed by atoms with Crippen molar-refractivity contribution in [3.05, 3.63) is 46.9 Å². The fourth-order valence-electron chi connectivity index (χ4n) is 2.39. The van der Waals surface area contributed by atoms with Crippen molar-refractivity contribution >= 4 is 11.6 Å². The predicted molar refractivity (Wildman–Crippen MR) is 83.9 cm³/mol. The van der Waals surface area contributed by atoms with E-state index in [1.54, 1.807) is 32.4 Å². The number of azide groups is 1. The first-order valence-electron chi connectivity index (χ1n) is 7.01. The highest BCUT2D eigenvalue weighted by Gasteiger charge is 2.46. The van der Waals surface area contributed by atoms with Crippen molar-refractivity contribution < 1.29 is 19.4 Å². The maximum atomic E-state index is 12.2. The molecule has 0 spiro atoms. The van der Waals surface area contributed by atoms with Crippen molar-refractivity contribution in [3.63, 3.8) is 0 Å². The van der Waals surface area contributed by atoms with Gasteiger partial charge in [0.1, 0.15) is 11.8 Å². The van der Waals surface area contributed by atoms with Gasteiger partial charge < -0.3 is 19.5 Å². The highest BCUT2D eigenvalue weighted by molar-refractivity contribution is 6.06. The monoisotopic (exact) mass is 318 g/mol. The molecule has 1 aliphatic heterocycles. The molecule has 23 heavy (non-hydrogen) atoms. The summed E-state index contributed by atoms with van der Waals surface area (Å²) in [6, 6.07) is 5.11. The molecule has 1 aromatic rings. The van der Waals surface area contributed by atoms with Gasteiger partial charge in [0.2, 0.25) is 5.91 Å². The molecule has 2 atom stereocenters. The number of phenols is 1. The van der Waals surface area contributed by atoms with Crippen LogP contribution in [0.1, 0.15) is 6.42 Å². The van der Waals surface area contributed by atoms with Crippen LogP contribution in [-0.4, -0.2) is 43.6 Å². The van der Waals surface area contributed by atoms with Gasteiger partial charge in [-0.25, -0.2) is 0 Å². The van der Waals surface area contributed by atoms with E-state index in [2.05, 4.69) is 10.0 Å². The van der Waals surface area contributed by atoms with E-state index in [1.807, 2.05) is 6.08 Å². The first kappa shape index (κ1) is 16.8. The maximum absolute atomic E-state index is 12.2. The van der Waals surface area contributed by atoms with Gasteiger partial charge in [-0.1, -0.05) is 17.3 Å². The molecule has 0 aliphatic carbocycles. The lowest BCUT2D eigenvalue weighted by Gasteiger charge is -2.43. The number of aromatic hydroxyl groups is 1. The zero-order valence-electron chi connectivity index (χ0n) is 12.9. The Bertz CT molecular complexity index is 621. The van der Waals surface area contributed by atoms with Crippen LogP contribution in [0, 0.1) is 0 Å². The van der Waals surface area contributed by atoms with E-state index in [9.17, 15) is 9.90 Å². The summed E-state index contributed by atoms with van der Waals surface area (Å²) in [4.78, 5) is 16.4. The van der Waals surface area contributed by atoms with E-state index >= 15 is 0 Å². The first-order chi connectivity index (χ1) is 11.1. The molecule has 8 heteroatoms. The fraction of sp³-hybridized carbons (Fsp3) is 0.400. The van der Waals surface area contributed by atoms with Crippen LogP contribution in [0.5, 0.6) is 5.75 Å². The summed E-state index contributed by atoms with van der Waals surface area (Å²) in [5, 5.41) is 12.9. The maximum Gasteiger partial charge on any atom is 0.239 e. The van der Waals surface area contributed by atoms with E-state index in [0.717, 1.165) is 0 Å². The van der Waals surface area contributed by atoms with Crippen LogP contribution < -0.4 is 4.90 Å². The van der Waals surface area contributed by atoms with Gasteiger partial charge >= 0.3 is 0 Å². The Kier molecular flexibility index (Phi) is 5.59. The van der Waals surface area contributed by atoms with Crippen LogP contribution in [0.25, 0.3) is 10.4 Å². The third-order valence-electron chi connectivity index (χ3n) is 3.60. The Labute approximate surface area is 133 Å². The standard InChI is InChI=1S/C15H18N4O4/c1-22-13(23-2)5-3-4-12-14(17-18-16)15(21)19(12)10-6-8-11(20)9-7-10/h3-4,6-9,12-14,20H,5H2,1-2H3/b4-3+/t12-,14+/m1/s1. The summed E-state index contributed by atoms with van der Waals surface area (Å²) in [5.74, 6) is -0.165. The van der Waals surface area contributed by atoms with Gasteiger partial charge in [-0.3, -0.25) is 4.79 Å². The number of carbonyl (C=O) groups excluding carboxylic acids is 1. The van der Waals surface area contributed by atoms with E-state index in [-0.39, 0.29) is 24.0 Å². The Balaban J connectivity index is 2.16. The molecule has 1 saturated heterocycles. The number of benzene rings is 1. The minimum Gasteiger partial charge on any atom is -0.508 e. The molecule has 1 N–H and O–H groups in total. The molecule has 122 valence electrons. The van der Waals surface area contributed by atoms with Crippen LogP contribution in [0.2, 0.25) is 0 Å². The number of carbonyl (C=O) groups is 1. The molecular weight excluding hydrogens is 300 g/mol. The number of nitrogens with zero attached hydrogens (tertiary/aromatic N) is 4. The Morgan fingerprint density at radius 3 is 2.61 bits per heavy atom. The molecule has 1 amide bonds. The first-order valence-corrected chi connectivity index (χ1v) is 7.01. The van der Waals surface area contributed by atoms with Crippen molar-refractivity contribution in [1.29, 1.82) is 0 Å². The van der Waals surface area contributed by atoms with Gasteiger partial charge in [-0.15, -0.1) is 0 Å². The SMILES string of the molecule is COC(C/C=C/[C@@H]1[C@H](N=[N+]=[N-])C(=O)N1c1ccc(O)cc1)OC. The number of ether oxygens (including phenoxy) is 2. The number of methoxy groups -OCH3 is 2. The highest BCUT2D eigenvalue weighted by atomic mass is 16.7. The van der Waals surface area contributed by atoms with Gasteiger partial charge in [0.25, 0.3) is 0 Å². The van der Waals surface area contributed by atoms with E-state index in [0.29, 0.717) is 12.1 Å². The second kappa shape index (κ2) is 7.64. The highest BCUT2D eigenvalue weighted by Crippen LogP contribution is 2.32. The molecule has 1 aliphatic rings. The zero-order chi connectivity index (χ0) is 16.8. The molecule has 0 aromatic heterocycles. The molecule has 1 aromatic carbocycles. The van der Waals surface area contributed by atoms with Gasteiger partial charge in [0, 0.05) is 31.2 Å². The molecule has 0 saturated carbocycles. The zero-order valence-corrected chi connectivity index (χ0v) is 12.9. The van der Waals surface area contributed by atoms with Crippen molar-refractivity contribution in [1.82, 2.24) is 0 Å². The number of rotatable bonds is 7. The molecule has 0 bridgehead atoms. The van der Waals surface area contributed by atoms with Crippen molar-refractivity contribution in [2.75, 3.05) is 19.1 Å². The number of phenolic OH excluding ortho intramolecular Hbond substituents is 1. The van der Waals surface area contributed by atoms with Crippen LogP contribution in [0.4, 0.5) is 5.69 Å². The largest absolute Gasteiger partial charge is 0.508 e. The third-order valence-corrected chi connectivity index (χ3v) is 3.60. The van der Waals surface area contributed by atoms with E-state index < -0.39 is 6.04 Å². The molecule has 1 heterocycles. The molecular formula is C15H18N4O4. The molecule has 2 rings (SSSR count). The Morgan fingerprint density at radius 1 is 1.39 bits per heavy atom. The summed E-state index contributed by atoms with van der Waals surface area (Å²) < 4.78 is 10.2. The second-order valence-corrected chi connectivity index (χ2v) is 4.93. The van der Waals surface area contributed by atoms with E-state index in [1.165, 1.54) is 17.0 Å². The minimum absolute atomic E-state index is 0.114. The number of hydrogen-bond donors (Lipinski definition) is 1. The third kappa shape index (κ3) is 3.62. The predicted octanol–water partition coefficient (Wildman–Crippen LogP) is 2.35. The average Bonchev–Trinajstić information content (AvgIpc) is 2.57. The molecule has 1 fully saturated rings. The summed E-state index contributed by atoms with van der Waals surface area (Å²) in [5.41, 5.74) is 9.24. The summed E-state index contributed by atoms with van der Waals surface area (Å²) in [6.45, 7) is 0. The summed E-state index contributed by atoms with van der Waals surface area (Å²) >= 11 is 0. The van der Waals surface area contributed by atoms with Crippen LogP contribution in [-0.2, 0) is 14.3 Å². The fourth-order valence-corrected chi connectivity index (χ4v) is 2.39. The molecule has 0 radical (unpaired) electrons. The smallest absolute Gasteiger partial charge is 0.239 e. The average molecular weight is 318 g/mol. The molecule has 0 unspecified atom stereocenters. The van der Waals surface area contributed by atoms with Crippen LogP contribution in [0.15, 0.2) is 41.5 Å². The number of hydrogen-bond acceptors (Lipinski definition) is 5. The van der Waals surface area contributed by atoms with E-state index in [4.69, 9.17) is 15.0 Å². The summed E-state index contributed by atoms with van der Waals surface area (Å²) in [7, 11) is 3.08. The lowest BCUT2D eigenvalue weighted by molar-refractivity contribution is -0.125. The van der Waals surface area contributed by atoms with Gasteiger partial charge in [0.05, 0.1) is 6.04 Å². The van der Waals surface area contributed by atoms with Crippen molar-refractivity contribution in [2.24, 2.45) is 5.11 Å². The normalized spacial score (nSPS) is 20.7. The van der Waals surface area contributed by atoms with Crippen LogP contribution >= 0.6 is 0 Å². The van der Waals surface area contributed by atoms with Gasteiger partial charge in [-0.2, -0.15) is 0 Å². The van der Waals surface area contributed by atoms with Crippen molar-refractivity contribution in [3.8, 4) is 5.75 Å². The number of amides is 1. The molecule has 8 nitrogen and oxygen atoms in total. The van der Waals surface area contributed by atoms with Gasteiger partial charge in [-0.05, 0) is 29.8 Å². The lowest BCUT2D eigenvalue weighted by Crippen LogP contribution is -2.63. The van der Waals surface area contributed by atoms with Crippen molar-refractivity contribution in [2.45, 2.75) is 24.8 Å². The quantitative estimate of drug-likeness (QED) is 0.208.